The van der Waals surface area contributed by atoms with Crippen molar-refractivity contribution in [2.24, 2.45) is 5.92 Å². The van der Waals surface area contributed by atoms with Gasteiger partial charge >= 0.3 is 12.1 Å². The van der Waals surface area contributed by atoms with Gasteiger partial charge in [0.25, 0.3) is 0 Å². The van der Waals surface area contributed by atoms with Crippen LogP contribution in [-0.2, 0) is 12.0 Å². The highest BCUT2D eigenvalue weighted by molar-refractivity contribution is 6.14. The molecule has 3 aromatic heterocycles. The summed E-state index contributed by atoms with van der Waals surface area (Å²) in [5.74, 6) is -1.85. The van der Waals surface area contributed by atoms with E-state index < -0.39 is 34.9 Å². The number of carbonyl (C=O) groups excluding carboxylic acids is 1. The number of ketones is 1. The number of ether oxygens (including phenoxy) is 2. The van der Waals surface area contributed by atoms with Gasteiger partial charge in [0, 0.05) is 18.2 Å². The highest BCUT2D eigenvalue weighted by Crippen LogP contribution is 2.60. The Morgan fingerprint density at radius 3 is 2.34 bits per heavy atom. The number of allylic oxidation sites excluding steroid dienone is 1. The molecule has 0 amide bonds. The molecule has 0 spiro atoms. The summed E-state index contributed by atoms with van der Waals surface area (Å²) in [7, 11) is 0. The van der Waals surface area contributed by atoms with Crippen molar-refractivity contribution in [3.63, 3.8) is 0 Å². The van der Waals surface area contributed by atoms with E-state index in [1.807, 2.05) is 13.8 Å². The molecular formula is C35H30F3N5O7. The van der Waals surface area contributed by atoms with Crippen molar-refractivity contribution >= 4 is 22.9 Å². The third-order valence-corrected chi connectivity index (χ3v) is 9.19. The van der Waals surface area contributed by atoms with Crippen LogP contribution in [0.5, 0.6) is 28.9 Å². The fourth-order valence-electron chi connectivity index (χ4n) is 6.54. The summed E-state index contributed by atoms with van der Waals surface area (Å²) in [5, 5.41) is 38.1. The van der Waals surface area contributed by atoms with Gasteiger partial charge in [-0.05, 0) is 69.5 Å². The number of pyridine rings is 1. The third-order valence-electron chi connectivity index (χ3n) is 9.19. The zero-order valence-corrected chi connectivity index (χ0v) is 27.4. The Hall–Kier alpha value is -5.86. The number of rotatable bonds is 6. The first kappa shape index (κ1) is 32.7. The first-order valence-electron chi connectivity index (χ1n) is 15.6. The summed E-state index contributed by atoms with van der Waals surface area (Å²) in [6.07, 6.45) is -2.69. The number of hydrogen-bond acceptors (Lipinski definition) is 10. The largest absolute Gasteiger partial charge is 0.573 e. The number of aryl methyl sites for hydroxylation is 2. The summed E-state index contributed by atoms with van der Waals surface area (Å²) >= 11 is 0. The maximum absolute atomic E-state index is 14.5. The monoisotopic (exact) mass is 689 g/mol. The van der Waals surface area contributed by atoms with Gasteiger partial charge in [-0.1, -0.05) is 13.8 Å². The maximum Gasteiger partial charge on any atom is 0.573 e. The molecule has 0 saturated heterocycles. The normalized spacial score (nSPS) is 16.7. The predicted octanol–water partition coefficient (Wildman–Crippen LogP) is 6.21. The standard InChI is InChI=1S/C35H30F3N5O7/c1-15(2)12-13-42-31-20(32(47)40-33(42)48)10-11-21(39-31)25-27(44)16(3)28(45)26-29(25)49-23-14-22-24(30(46)34(23,26)5)17(4)41-43(22)18-6-8-19(9-7-18)50-35(36,37)38/h6-11,14-15,44-45H,12-13H2,1-5H3,(H,40,47,48). The van der Waals surface area contributed by atoms with E-state index in [1.165, 1.54) is 40.4 Å². The number of aromatic hydroxyl groups is 3. The molecule has 12 nitrogen and oxygen atoms in total. The molecule has 0 bridgehead atoms. The molecule has 7 rings (SSSR count). The van der Waals surface area contributed by atoms with Gasteiger partial charge in [0.1, 0.15) is 39.8 Å². The molecule has 1 unspecified atom stereocenters. The first-order chi connectivity index (χ1) is 23.5. The molecule has 2 aliphatic rings. The van der Waals surface area contributed by atoms with Gasteiger partial charge in [-0.15, -0.1) is 13.2 Å². The second-order valence-electron chi connectivity index (χ2n) is 12.9. The Morgan fingerprint density at radius 2 is 1.68 bits per heavy atom. The maximum atomic E-state index is 14.5. The summed E-state index contributed by atoms with van der Waals surface area (Å²) in [4.78, 5) is 35.8. The Labute approximate surface area is 281 Å². The third kappa shape index (κ3) is 4.86. The number of halogens is 3. The molecule has 15 heteroatoms. The summed E-state index contributed by atoms with van der Waals surface area (Å²) < 4.78 is 51.3. The van der Waals surface area contributed by atoms with E-state index in [2.05, 4.69) is 19.8 Å². The Bertz CT molecular complexity index is 2360. The fourth-order valence-corrected chi connectivity index (χ4v) is 6.54. The van der Waals surface area contributed by atoms with E-state index in [0.717, 1.165) is 12.1 Å². The number of hydrogen-bond donors (Lipinski definition) is 3. The van der Waals surface area contributed by atoms with Gasteiger partial charge in [-0.3, -0.25) is 9.36 Å². The van der Waals surface area contributed by atoms with Crippen LogP contribution in [-0.4, -0.2) is 51.8 Å². The Morgan fingerprint density at radius 1 is 0.980 bits per heavy atom. The van der Waals surface area contributed by atoms with Crippen LogP contribution >= 0.6 is 0 Å². The van der Waals surface area contributed by atoms with Crippen LogP contribution in [0, 0.1) is 19.8 Å². The van der Waals surface area contributed by atoms with Crippen molar-refractivity contribution in [1.29, 1.82) is 0 Å². The molecule has 4 heterocycles. The van der Waals surface area contributed by atoms with E-state index in [1.54, 1.807) is 19.9 Å². The highest BCUT2D eigenvalue weighted by Gasteiger charge is 2.55. The van der Waals surface area contributed by atoms with Gasteiger partial charge in [-0.25, -0.2) is 14.5 Å². The number of aromatic nitrogens is 5. The lowest BCUT2D eigenvalue weighted by Crippen LogP contribution is -2.36. The van der Waals surface area contributed by atoms with E-state index >= 15 is 0 Å². The van der Waals surface area contributed by atoms with E-state index in [4.69, 9.17) is 4.74 Å². The molecule has 0 fully saturated rings. The van der Waals surface area contributed by atoms with Crippen LogP contribution < -0.4 is 15.2 Å². The number of benzene rings is 2. The Kier molecular flexibility index (Phi) is 7.24. The van der Waals surface area contributed by atoms with E-state index in [-0.39, 0.29) is 74.5 Å². The zero-order valence-electron chi connectivity index (χ0n) is 27.4. The van der Waals surface area contributed by atoms with Crippen molar-refractivity contribution < 1.29 is 42.8 Å². The Balaban J connectivity index is 1.39. The van der Waals surface area contributed by atoms with Crippen molar-refractivity contribution in [2.75, 3.05) is 0 Å². The minimum atomic E-state index is -4.87. The van der Waals surface area contributed by atoms with Gasteiger partial charge in [0.05, 0.1) is 44.8 Å². The average Bonchev–Trinajstić information content (AvgIpc) is 3.53. The number of nitrogens with zero attached hydrogens (tertiary/aromatic N) is 5. The molecular weight excluding hydrogens is 659 g/mol. The van der Waals surface area contributed by atoms with E-state index in [0.29, 0.717) is 23.5 Å². The molecule has 5 aromatic rings. The molecule has 1 aliphatic carbocycles. The number of carbonyl (C=O) groups is 1. The lowest BCUT2D eigenvalue weighted by atomic mass is 9.71. The lowest BCUT2D eigenvalue weighted by Gasteiger charge is -2.27. The van der Waals surface area contributed by atoms with Gasteiger partial charge in [-0.2, -0.15) is 10.1 Å². The van der Waals surface area contributed by atoms with Crippen molar-refractivity contribution in [2.45, 2.75) is 59.4 Å². The number of phenolic OH excluding ortho intramolecular Hbond substituents is 2. The summed E-state index contributed by atoms with van der Waals surface area (Å²) in [6.45, 7) is 8.92. The second kappa shape index (κ2) is 11.1. The summed E-state index contributed by atoms with van der Waals surface area (Å²) in [5.41, 5.74) is -0.695. The SMILES string of the molecule is Cc1nn(-c2ccc(OC(F)(F)F)cc2)c2c1C(=O)C1(C)C(=C2)Oc2c(-c3ccc4c(O)nc(=O)n(CCC(C)C)c4n3)c(O)c(C)c(O)c21. The van der Waals surface area contributed by atoms with Crippen molar-refractivity contribution in [3.8, 4) is 45.8 Å². The van der Waals surface area contributed by atoms with Gasteiger partial charge < -0.3 is 24.8 Å². The van der Waals surface area contributed by atoms with Crippen molar-refractivity contribution in [1.82, 2.24) is 24.3 Å². The molecule has 1 atom stereocenters. The van der Waals surface area contributed by atoms with Crippen LogP contribution in [0.15, 0.2) is 47.0 Å². The quantitative estimate of drug-likeness (QED) is 0.187. The number of phenols is 2. The van der Waals surface area contributed by atoms with Crippen molar-refractivity contribution in [3.05, 3.63) is 80.7 Å². The smallest absolute Gasteiger partial charge is 0.507 e. The van der Waals surface area contributed by atoms with Crippen LogP contribution in [0.4, 0.5) is 13.2 Å². The zero-order chi connectivity index (χ0) is 36.0. The van der Waals surface area contributed by atoms with Gasteiger partial charge in [0.15, 0.2) is 5.78 Å². The minimum Gasteiger partial charge on any atom is -0.507 e. The second-order valence-corrected chi connectivity index (χ2v) is 12.9. The molecule has 258 valence electrons. The summed E-state index contributed by atoms with van der Waals surface area (Å²) in [6, 6.07) is 7.98. The molecule has 3 N–H and O–H groups in total. The predicted molar refractivity (Wildman–Crippen MR) is 174 cm³/mol. The first-order valence-corrected chi connectivity index (χ1v) is 15.6. The van der Waals surface area contributed by atoms with Crippen LogP contribution in [0.2, 0.25) is 0 Å². The molecule has 0 radical (unpaired) electrons. The lowest BCUT2D eigenvalue weighted by molar-refractivity contribution is -0.274. The molecule has 0 saturated carbocycles. The topological polar surface area (TPSA) is 162 Å². The van der Waals surface area contributed by atoms with Crippen LogP contribution in [0.3, 0.4) is 0 Å². The molecule has 2 aromatic carbocycles. The van der Waals surface area contributed by atoms with Crippen LogP contribution in [0.1, 0.15) is 60.1 Å². The van der Waals surface area contributed by atoms with Crippen LogP contribution in [0.25, 0.3) is 34.1 Å². The van der Waals surface area contributed by atoms with E-state index in [9.17, 15) is 38.1 Å². The average molecular weight is 690 g/mol. The molecule has 1 aliphatic heterocycles. The fraction of sp³-hybridized carbons (Fsp3) is 0.286. The van der Waals surface area contributed by atoms with Gasteiger partial charge in [0.2, 0.25) is 5.88 Å². The molecule has 50 heavy (non-hydrogen) atoms. The number of alkyl halides is 3. The minimum absolute atomic E-state index is 0.0372. The highest BCUT2D eigenvalue weighted by atomic mass is 19.4. The number of Topliss-reactive ketones (excluding diaryl/α,β-unsaturated/α-hetero) is 1. The number of fused-ring (bicyclic) bond motifs is 5.